The highest BCUT2D eigenvalue weighted by atomic mass is 15.0. The lowest BCUT2D eigenvalue weighted by atomic mass is 9.91. The van der Waals surface area contributed by atoms with Gasteiger partial charge in [0.1, 0.15) is 0 Å². The molecule has 3 nitrogen and oxygen atoms in total. The van der Waals surface area contributed by atoms with Gasteiger partial charge < -0.3 is 4.57 Å². The van der Waals surface area contributed by atoms with E-state index < -0.39 is 0 Å². The van der Waals surface area contributed by atoms with Crippen LogP contribution < -0.4 is 0 Å². The molecule has 10 aromatic carbocycles. The van der Waals surface area contributed by atoms with Crippen molar-refractivity contribution in [3.8, 4) is 73.0 Å². The van der Waals surface area contributed by atoms with Gasteiger partial charge in [-0.25, -0.2) is 9.97 Å². The predicted octanol–water partition coefficient (Wildman–Crippen LogP) is 15.9. The minimum absolute atomic E-state index is 0.675. The van der Waals surface area contributed by atoms with Gasteiger partial charge in [-0.15, -0.1) is 0 Å². The highest BCUT2D eigenvalue weighted by molar-refractivity contribution is 6.14. The van der Waals surface area contributed by atoms with Crippen LogP contribution in [0.2, 0.25) is 0 Å². The largest absolute Gasteiger partial charge is 0.309 e. The molecule has 0 fully saturated rings. The van der Waals surface area contributed by atoms with Gasteiger partial charge >= 0.3 is 0 Å². The first-order chi connectivity index (χ1) is 31.2. The Balaban J connectivity index is 1.15. The van der Waals surface area contributed by atoms with Gasteiger partial charge in [0.05, 0.1) is 22.4 Å². The Morgan fingerprint density at radius 3 is 1.30 bits per heavy atom. The minimum atomic E-state index is 0.675. The van der Waals surface area contributed by atoms with Crippen LogP contribution in [-0.2, 0) is 0 Å². The van der Waals surface area contributed by atoms with Crippen LogP contribution >= 0.6 is 0 Å². The zero-order valence-corrected chi connectivity index (χ0v) is 34.4. The maximum absolute atomic E-state index is 5.43. The van der Waals surface area contributed by atoms with Gasteiger partial charge in [0.2, 0.25) is 0 Å². The maximum Gasteiger partial charge on any atom is 0.160 e. The topological polar surface area (TPSA) is 30.7 Å². The molecule has 0 bridgehead atoms. The molecule has 3 heteroatoms. The zero-order valence-electron chi connectivity index (χ0n) is 34.4. The molecule has 294 valence electrons. The van der Waals surface area contributed by atoms with Crippen molar-refractivity contribution in [1.29, 1.82) is 0 Å². The Labute approximate surface area is 365 Å². The van der Waals surface area contributed by atoms with Crippen LogP contribution in [0.3, 0.4) is 0 Å². The molecule has 0 N–H and O–H groups in total. The van der Waals surface area contributed by atoms with Crippen LogP contribution in [0.5, 0.6) is 0 Å². The lowest BCUT2D eigenvalue weighted by Gasteiger charge is -2.17. The molecule has 12 aromatic rings. The van der Waals surface area contributed by atoms with Crippen molar-refractivity contribution in [3.05, 3.63) is 237 Å². The van der Waals surface area contributed by atoms with Crippen molar-refractivity contribution in [2.45, 2.75) is 0 Å². The van der Waals surface area contributed by atoms with Gasteiger partial charge in [0, 0.05) is 33.2 Å². The van der Waals surface area contributed by atoms with E-state index in [4.69, 9.17) is 9.97 Å². The summed E-state index contributed by atoms with van der Waals surface area (Å²) in [4.78, 5) is 10.8. The SMILES string of the molecule is c1ccc(-c2cc(-c3ccccc3)cc(-c3cc(-c4cc(-c5cc6ccccc6c6ccccc56)cc(-n5c6ccccc6c6ccccc65)c4)nc(-c4ccccc4)n3)c2)cc1. The van der Waals surface area contributed by atoms with Crippen molar-refractivity contribution in [3.63, 3.8) is 0 Å². The normalized spacial score (nSPS) is 11.5. The van der Waals surface area contributed by atoms with Gasteiger partial charge in [-0.1, -0.05) is 176 Å². The van der Waals surface area contributed by atoms with Gasteiger partial charge in [0.15, 0.2) is 5.82 Å². The summed E-state index contributed by atoms with van der Waals surface area (Å²) >= 11 is 0. The van der Waals surface area contributed by atoms with E-state index in [9.17, 15) is 0 Å². The van der Waals surface area contributed by atoms with Crippen LogP contribution in [0.1, 0.15) is 0 Å². The molecule has 0 radical (unpaired) electrons. The molecule has 2 aromatic heterocycles. The van der Waals surface area contributed by atoms with E-state index in [1.165, 1.54) is 37.9 Å². The van der Waals surface area contributed by atoms with Gasteiger partial charge in [0.25, 0.3) is 0 Å². The third-order valence-electron chi connectivity index (χ3n) is 12.3. The number of hydrogen-bond acceptors (Lipinski definition) is 2. The van der Waals surface area contributed by atoms with Crippen LogP contribution in [0, 0.1) is 0 Å². The fourth-order valence-corrected chi connectivity index (χ4v) is 9.37. The van der Waals surface area contributed by atoms with Gasteiger partial charge in [-0.3, -0.25) is 0 Å². The molecule has 63 heavy (non-hydrogen) atoms. The van der Waals surface area contributed by atoms with Gasteiger partial charge in [-0.05, 0) is 116 Å². The smallest absolute Gasteiger partial charge is 0.160 e. The molecule has 2 heterocycles. The number of nitrogens with zero attached hydrogens (tertiary/aromatic N) is 3. The lowest BCUT2D eigenvalue weighted by molar-refractivity contribution is 1.16. The highest BCUT2D eigenvalue weighted by Gasteiger charge is 2.19. The number of rotatable bonds is 7. The van der Waals surface area contributed by atoms with E-state index in [1.807, 2.05) is 6.07 Å². The number of fused-ring (bicyclic) bond motifs is 6. The maximum atomic E-state index is 5.43. The first-order valence-electron chi connectivity index (χ1n) is 21.5. The summed E-state index contributed by atoms with van der Waals surface area (Å²) in [5.41, 5.74) is 14.9. The Hall–Kier alpha value is -8.40. The van der Waals surface area contributed by atoms with Gasteiger partial charge in [-0.2, -0.15) is 0 Å². The Bertz CT molecular complexity index is 3550. The molecular formula is C60H39N3. The van der Waals surface area contributed by atoms with E-state index >= 15 is 0 Å². The molecular weight excluding hydrogens is 763 g/mol. The monoisotopic (exact) mass is 801 g/mol. The lowest BCUT2D eigenvalue weighted by Crippen LogP contribution is -1.99. The summed E-state index contributed by atoms with van der Waals surface area (Å²) in [6.07, 6.45) is 0. The molecule has 0 amide bonds. The Morgan fingerprint density at radius 2 is 0.698 bits per heavy atom. The minimum Gasteiger partial charge on any atom is -0.309 e. The quantitative estimate of drug-likeness (QED) is 0.150. The summed E-state index contributed by atoms with van der Waals surface area (Å²) in [6, 6.07) is 84.8. The fraction of sp³-hybridized carbons (Fsp3) is 0. The van der Waals surface area contributed by atoms with Crippen molar-refractivity contribution in [1.82, 2.24) is 14.5 Å². The van der Waals surface area contributed by atoms with E-state index in [1.54, 1.807) is 0 Å². The summed E-state index contributed by atoms with van der Waals surface area (Å²) in [6.45, 7) is 0. The fourth-order valence-electron chi connectivity index (χ4n) is 9.37. The predicted molar refractivity (Wildman–Crippen MR) is 264 cm³/mol. The molecule has 0 aliphatic heterocycles. The Morgan fingerprint density at radius 1 is 0.270 bits per heavy atom. The summed E-state index contributed by atoms with van der Waals surface area (Å²) < 4.78 is 2.41. The molecule has 0 saturated heterocycles. The molecule has 12 rings (SSSR count). The number of aromatic nitrogens is 3. The van der Waals surface area contributed by atoms with Crippen molar-refractivity contribution >= 4 is 43.4 Å². The van der Waals surface area contributed by atoms with E-state index in [2.05, 4.69) is 235 Å². The second kappa shape index (κ2) is 15.3. The second-order valence-electron chi connectivity index (χ2n) is 16.2. The number of hydrogen-bond donors (Lipinski definition) is 0. The zero-order chi connectivity index (χ0) is 41.7. The van der Waals surface area contributed by atoms with E-state index in [0.29, 0.717) is 5.82 Å². The van der Waals surface area contributed by atoms with Crippen molar-refractivity contribution in [2.75, 3.05) is 0 Å². The third kappa shape index (κ3) is 6.55. The van der Waals surface area contributed by atoms with E-state index in [-0.39, 0.29) is 0 Å². The highest BCUT2D eigenvalue weighted by Crippen LogP contribution is 2.41. The van der Waals surface area contributed by atoms with Crippen LogP contribution in [0.15, 0.2) is 237 Å². The molecule has 0 unspecified atom stereocenters. The summed E-state index contributed by atoms with van der Waals surface area (Å²) in [5, 5.41) is 7.34. The first-order valence-corrected chi connectivity index (χ1v) is 21.5. The standard InChI is InChI=1S/C60H39N3/c1-4-18-40(19-5-1)44-32-45(41-20-6-2-7-21-41)34-47(33-44)56-39-57(62-60(61-56)42-22-8-3-9-23-42)48-35-46(55-38-43-24-10-11-25-50(43)51-26-12-13-27-52(51)55)36-49(37-48)63-58-30-16-14-28-53(58)54-29-15-17-31-59(54)63/h1-39H. The summed E-state index contributed by atoms with van der Waals surface area (Å²) in [5.74, 6) is 0.675. The third-order valence-corrected chi connectivity index (χ3v) is 12.3. The van der Waals surface area contributed by atoms with Crippen molar-refractivity contribution < 1.29 is 0 Å². The average Bonchev–Trinajstić information content (AvgIpc) is 3.71. The molecule has 0 aliphatic rings. The number of para-hydroxylation sites is 2. The average molecular weight is 802 g/mol. The van der Waals surface area contributed by atoms with Crippen LogP contribution in [-0.4, -0.2) is 14.5 Å². The molecule has 0 atom stereocenters. The number of benzene rings is 10. The van der Waals surface area contributed by atoms with Crippen molar-refractivity contribution in [2.24, 2.45) is 0 Å². The van der Waals surface area contributed by atoms with E-state index in [0.717, 1.165) is 72.6 Å². The first kappa shape index (κ1) is 36.5. The molecule has 0 aliphatic carbocycles. The molecule has 0 saturated carbocycles. The van der Waals surface area contributed by atoms with Crippen LogP contribution in [0.25, 0.3) is 116 Å². The molecule has 0 spiro atoms. The Kier molecular flexibility index (Phi) is 8.83. The van der Waals surface area contributed by atoms with Crippen LogP contribution in [0.4, 0.5) is 0 Å². The second-order valence-corrected chi connectivity index (χ2v) is 16.2. The summed E-state index contributed by atoms with van der Waals surface area (Å²) in [7, 11) is 0.